The van der Waals surface area contributed by atoms with Crippen LogP contribution in [0.5, 0.6) is 0 Å². The van der Waals surface area contributed by atoms with E-state index < -0.39 is 5.82 Å². The normalized spacial score (nSPS) is 23.6. The number of hydrogen-bond donors (Lipinski definition) is 3. The van der Waals surface area contributed by atoms with Crippen molar-refractivity contribution in [3.05, 3.63) is 30.1 Å². The third kappa shape index (κ3) is 5.25. The molecular formula is C19H27FN4O2. The van der Waals surface area contributed by atoms with E-state index in [0.717, 1.165) is 45.3 Å². The number of para-hydroxylation sites is 1. The molecule has 7 heteroatoms. The first-order valence-electron chi connectivity index (χ1n) is 9.39. The van der Waals surface area contributed by atoms with Crippen LogP contribution in [-0.4, -0.2) is 55.5 Å². The highest BCUT2D eigenvalue weighted by atomic mass is 19.1. The van der Waals surface area contributed by atoms with E-state index in [1.54, 1.807) is 18.2 Å². The van der Waals surface area contributed by atoms with Crippen LogP contribution >= 0.6 is 0 Å². The maximum Gasteiger partial charge on any atom is 0.238 e. The van der Waals surface area contributed by atoms with Crippen molar-refractivity contribution in [1.82, 2.24) is 15.5 Å². The van der Waals surface area contributed by atoms with E-state index in [1.807, 2.05) is 0 Å². The highest BCUT2D eigenvalue weighted by Gasteiger charge is 2.25. The standard InChI is InChI=1S/C19H27FN4O2/c20-15-6-1-2-7-16(15)23-18(25)13-24-10-4-5-14(12-24)11-22-19(26)17-8-3-9-21-17/h1-2,6-7,14,17,21H,3-5,8-13H2,(H,22,26)(H,23,25). The third-order valence-electron chi connectivity index (χ3n) is 5.06. The zero-order valence-corrected chi connectivity index (χ0v) is 15.0. The Balaban J connectivity index is 1.42. The van der Waals surface area contributed by atoms with Gasteiger partial charge in [-0.05, 0) is 56.8 Å². The van der Waals surface area contributed by atoms with E-state index in [4.69, 9.17) is 0 Å². The van der Waals surface area contributed by atoms with Crippen molar-refractivity contribution in [1.29, 1.82) is 0 Å². The van der Waals surface area contributed by atoms with Gasteiger partial charge in [-0.25, -0.2) is 4.39 Å². The Kier molecular flexibility index (Phi) is 6.57. The number of rotatable bonds is 6. The number of nitrogens with zero attached hydrogens (tertiary/aromatic N) is 1. The predicted octanol–water partition coefficient (Wildman–Crippen LogP) is 1.34. The van der Waals surface area contributed by atoms with Gasteiger partial charge >= 0.3 is 0 Å². The van der Waals surface area contributed by atoms with Crippen LogP contribution in [0, 0.1) is 11.7 Å². The van der Waals surface area contributed by atoms with E-state index in [0.29, 0.717) is 12.5 Å². The highest BCUT2D eigenvalue weighted by Crippen LogP contribution is 2.17. The Morgan fingerprint density at radius 3 is 2.85 bits per heavy atom. The maximum atomic E-state index is 13.6. The van der Waals surface area contributed by atoms with Crippen molar-refractivity contribution >= 4 is 17.5 Å². The van der Waals surface area contributed by atoms with Crippen LogP contribution in [0.25, 0.3) is 0 Å². The summed E-state index contributed by atoms with van der Waals surface area (Å²) in [6.07, 6.45) is 3.99. The summed E-state index contributed by atoms with van der Waals surface area (Å²) in [6, 6.07) is 6.11. The molecule has 2 aliphatic rings. The molecule has 2 saturated heterocycles. The van der Waals surface area contributed by atoms with Crippen molar-refractivity contribution in [3.63, 3.8) is 0 Å². The van der Waals surface area contributed by atoms with Crippen LogP contribution in [0.4, 0.5) is 10.1 Å². The molecule has 1 aromatic carbocycles. The molecule has 0 bridgehead atoms. The van der Waals surface area contributed by atoms with Crippen LogP contribution < -0.4 is 16.0 Å². The van der Waals surface area contributed by atoms with Gasteiger partial charge in [-0.1, -0.05) is 12.1 Å². The summed E-state index contributed by atoms with van der Waals surface area (Å²) in [7, 11) is 0. The fourth-order valence-electron chi connectivity index (χ4n) is 3.69. The molecule has 26 heavy (non-hydrogen) atoms. The number of piperidine rings is 1. The van der Waals surface area contributed by atoms with Gasteiger partial charge in [0.1, 0.15) is 5.82 Å². The molecule has 2 aliphatic heterocycles. The molecule has 2 unspecified atom stereocenters. The Hall–Kier alpha value is -1.99. The molecule has 0 radical (unpaired) electrons. The number of carbonyl (C=O) groups is 2. The Bertz CT molecular complexity index is 634. The molecule has 142 valence electrons. The molecule has 0 spiro atoms. The van der Waals surface area contributed by atoms with E-state index in [9.17, 15) is 14.0 Å². The maximum absolute atomic E-state index is 13.6. The van der Waals surface area contributed by atoms with E-state index in [-0.39, 0.29) is 30.1 Å². The molecule has 0 aromatic heterocycles. The average Bonchev–Trinajstić information content (AvgIpc) is 3.17. The molecule has 3 N–H and O–H groups in total. The van der Waals surface area contributed by atoms with Gasteiger partial charge in [-0.2, -0.15) is 0 Å². The lowest BCUT2D eigenvalue weighted by molar-refractivity contribution is -0.123. The average molecular weight is 362 g/mol. The summed E-state index contributed by atoms with van der Waals surface area (Å²) in [5.41, 5.74) is 0.211. The summed E-state index contributed by atoms with van der Waals surface area (Å²) < 4.78 is 13.6. The van der Waals surface area contributed by atoms with E-state index in [2.05, 4.69) is 20.9 Å². The van der Waals surface area contributed by atoms with Crippen molar-refractivity contribution in [2.75, 3.05) is 38.0 Å². The first-order valence-corrected chi connectivity index (χ1v) is 9.39. The molecule has 0 saturated carbocycles. The second-order valence-electron chi connectivity index (χ2n) is 7.17. The van der Waals surface area contributed by atoms with Gasteiger partial charge in [0, 0.05) is 13.1 Å². The first kappa shape index (κ1) is 18.8. The van der Waals surface area contributed by atoms with Crippen molar-refractivity contribution < 1.29 is 14.0 Å². The SMILES string of the molecule is O=C(CN1CCCC(CNC(=O)C2CCCN2)C1)Nc1ccccc1F. The zero-order chi connectivity index (χ0) is 18.4. The summed E-state index contributed by atoms with van der Waals surface area (Å²) >= 11 is 0. The molecule has 2 atom stereocenters. The topological polar surface area (TPSA) is 73.5 Å². The van der Waals surface area contributed by atoms with Gasteiger partial charge in [0.2, 0.25) is 11.8 Å². The van der Waals surface area contributed by atoms with Gasteiger partial charge in [0.25, 0.3) is 0 Å². The number of anilines is 1. The second kappa shape index (κ2) is 9.09. The van der Waals surface area contributed by atoms with Crippen LogP contribution in [0.3, 0.4) is 0 Å². The Morgan fingerprint density at radius 2 is 2.08 bits per heavy atom. The first-order chi connectivity index (χ1) is 12.6. The number of halogens is 1. The van der Waals surface area contributed by atoms with E-state index >= 15 is 0 Å². The smallest absolute Gasteiger partial charge is 0.238 e. The van der Waals surface area contributed by atoms with Gasteiger partial charge in [0.05, 0.1) is 18.3 Å². The predicted molar refractivity (Wildman–Crippen MR) is 98.2 cm³/mol. The fraction of sp³-hybridized carbons (Fsp3) is 0.579. The van der Waals surface area contributed by atoms with Gasteiger partial charge in [-0.3, -0.25) is 14.5 Å². The number of benzene rings is 1. The second-order valence-corrected chi connectivity index (χ2v) is 7.17. The molecule has 2 heterocycles. The number of nitrogens with one attached hydrogen (secondary N) is 3. The summed E-state index contributed by atoms with van der Waals surface area (Å²) in [5.74, 6) is -0.220. The lowest BCUT2D eigenvalue weighted by Gasteiger charge is -2.32. The molecule has 2 fully saturated rings. The Morgan fingerprint density at radius 1 is 1.23 bits per heavy atom. The molecule has 3 rings (SSSR count). The Labute approximate surface area is 153 Å². The molecule has 0 aliphatic carbocycles. The fourth-order valence-corrected chi connectivity index (χ4v) is 3.69. The molecular weight excluding hydrogens is 335 g/mol. The van der Waals surface area contributed by atoms with Crippen LogP contribution in [-0.2, 0) is 9.59 Å². The zero-order valence-electron chi connectivity index (χ0n) is 15.0. The van der Waals surface area contributed by atoms with Crippen LogP contribution in [0.2, 0.25) is 0 Å². The monoisotopic (exact) mass is 362 g/mol. The van der Waals surface area contributed by atoms with Gasteiger partial charge in [0.15, 0.2) is 0 Å². The number of likely N-dealkylation sites (tertiary alicyclic amines) is 1. The quantitative estimate of drug-likeness (QED) is 0.714. The molecule has 2 amide bonds. The molecule has 6 nitrogen and oxygen atoms in total. The minimum Gasteiger partial charge on any atom is -0.354 e. The summed E-state index contributed by atoms with van der Waals surface area (Å²) in [6.45, 7) is 3.40. The summed E-state index contributed by atoms with van der Waals surface area (Å²) in [4.78, 5) is 26.4. The van der Waals surface area contributed by atoms with Crippen molar-refractivity contribution in [2.24, 2.45) is 5.92 Å². The van der Waals surface area contributed by atoms with Gasteiger partial charge in [-0.15, -0.1) is 0 Å². The number of amides is 2. The number of hydrogen-bond acceptors (Lipinski definition) is 4. The highest BCUT2D eigenvalue weighted by molar-refractivity contribution is 5.92. The van der Waals surface area contributed by atoms with Crippen molar-refractivity contribution in [3.8, 4) is 0 Å². The van der Waals surface area contributed by atoms with Crippen LogP contribution in [0.15, 0.2) is 24.3 Å². The van der Waals surface area contributed by atoms with Crippen LogP contribution in [0.1, 0.15) is 25.7 Å². The minimum atomic E-state index is -0.430. The minimum absolute atomic E-state index is 0.0544. The van der Waals surface area contributed by atoms with Gasteiger partial charge < -0.3 is 16.0 Å². The largest absolute Gasteiger partial charge is 0.354 e. The number of carbonyl (C=O) groups excluding carboxylic acids is 2. The summed E-state index contributed by atoms with van der Waals surface area (Å²) in [5, 5.41) is 8.86. The lowest BCUT2D eigenvalue weighted by Crippen LogP contribution is -2.46. The lowest BCUT2D eigenvalue weighted by atomic mass is 9.98. The van der Waals surface area contributed by atoms with E-state index in [1.165, 1.54) is 6.07 Å². The molecule has 1 aromatic rings. The third-order valence-corrected chi connectivity index (χ3v) is 5.06. The van der Waals surface area contributed by atoms with Crippen molar-refractivity contribution in [2.45, 2.75) is 31.7 Å².